The Bertz CT molecular complexity index is 1270. The van der Waals surface area contributed by atoms with Gasteiger partial charge in [0.1, 0.15) is 0 Å². The number of amides is 1. The lowest BCUT2D eigenvalue weighted by Crippen LogP contribution is -2.26. The highest BCUT2D eigenvalue weighted by Crippen LogP contribution is 2.25. The number of rotatable bonds is 7. The van der Waals surface area contributed by atoms with Crippen LogP contribution in [0.1, 0.15) is 16.1 Å². The highest BCUT2D eigenvalue weighted by atomic mass is 32.2. The zero-order chi connectivity index (χ0) is 21.8. The predicted molar refractivity (Wildman–Crippen MR) is 119 cm³/mol. The summed E-state index contributed by atoms with van der Waals surface area (Å²) in [5.41, 5.74) is 1.49. The molecular formula is C22H19N3O4S2. The maximum atomic E-state index is 12.8. The van der Waals surface area contributed by atoms with Gasteiger partial charge in [-0.2, -0.15) is 4.31 Å². The first-order valence-corrected chi connectivity index (χ1v) is 11.7. The highest BCUT2D eigenvalue weighted by Gasteiger charge is 2.21. The Labute approximate surface area is 184 Å². The van der Waals surface area contributed by atoms with Crippen molar-refractivity contribution >= 4 is 33.0 Å². The number of benzene rings is 2. The molecule has 2 aromatic carbocycles. The van der Waals surface area contributed by atoms with Crippen LogP contribution in [-0.4, -0.2) is 30.8 Å². The Hall–Kier alpha value is -3.27. The number of aromatic nitrogens is 1. The quantitative estimate of drug-likeness (QED) is 0.446. The van der Waals surface area contributed by atoms with Gasteiger partial charge >= 0.3 is 0 Å². The lowest BCUT2D eigenvalue weighted by molar-refractivity contribution is 0.101. The molecule has 0 bridgehead atoms. The molecule has 0 saturated carbocycles. The number of hydrogen-bond donors (Lipinski definition) is 1. The fraction of sp³-hybridized carbons (Fsp3) is 0.0909. The summed E-state index contributed by atoms with van der Waals surface area (Å²) < 4.78 is 32.2. The number of nitrogens with zero attached hydrogens (tertiary/aromatic N) is 2. The lowest BCUT2D eigenvalue weighted by Gasteiger charge is -2.17. The molecule has 9 heteroatoms. The zero-order valence-corrected chi connectivity index (χ0v) is 18.2. The van der Waals surface area contributed by atoms with Crippen LogP contribution in [0.2, 0.25) is 0 Å². The van der Waals surface area contributed by atoms with Crippen LogP contribution in [-0.2, 0) is 16.6 Å². The van der Waals surface area contributed by atoms with Crippen LogP contribution in [0.15, 0.2) is 87.6 Å². The van der Waals surface area contributed by atoms with Gasteiger partial charge in [0, 0.05) is 25.3 Å². The summed E-state index contributed by atoms with van der Waals surface area (Å²) in [5, 5.41) is 8.41. The average Bonchev–Trinajstić information content (AvgIpc) is 3.47. The largest absolute Gasteiger partial charge is 0.355 e. The topological polar surface area (TPSA) is 92.5 Å². The number of anilines is 1. The molecule has 158 valence electrons. The van der Waals surface area contributed by atoms with Gasteiger partial charge in [-0.15, -0.1) is 11.3 Å². The number of carbonyl (C=O) groups is 1. The Balaban J connectivity index is 1.43. The molecule has 31 heavy (non-hydrogen) atoms. The molecule has 2 heterocycles. The van der Waals surface area contributed by atoms with Gasteiger partial charge in [0.25, 0.3) is 5.91 Å². The van der Waals surface area contributed by atoms with Gasteiger partial charge in [0.05, 0.1) is 9.77 Å². The van der Waals surface area contributed by atoms with Crippen molar-refractivity contribution < 1.29 is 17.7 Å². The van der Waals surface area contributed by atoms with Crippen molar-refractivity contribution in [3.8, 4) is 10.6 Å². The summed E-state index contributed by atoms with van der Waals surface area (Å²) >= 11 is 1.49. The molecule has 0 saturated heterocycles. The van der Waals surface area contributed by atoms with Gasteiger partial charge in [-0.1, -0.05) is 41.6 Å². The van der Waals surface area contributed by atoms with Gasteiger partial charge in [-0.25, -0.2) is 8.42 Å². The van der Waals surface area contributed by atoms with Crippen LogP contribution >= 0.6 is 11.3 Å². The van der Waals surface area contributed by atoms with Crippen LogP contribution < -0.4 is 5.32 Å². The molecule has 0 aliphatic carbocycles. The summed E-state index contributed by atoms with van der Waals surface area (Å²) in [4.78, 5) is 13.5. The molecule has 0 spiro atoms. The predicted octanol–water partition coefficient (Wildman–Crippen LogP) is 4.48. The van der Waals surface area contributed by atoms with Crippen LogP contribution in [0.3, 0.4) is 0 Å². The molecule has 0 radical (unpaired) electrons. The van der Waals surface area contributed by atoms with E-state index in [4.69, 9.17) is 4.52 Å². The van der Waals surface area contributed by atoms with E-state index in [1.807, 2.05) is 47.8 Å². The molecular weight excluding hydrogens is 434 g/mol. The van der Waals surface area contributed by atoms with E-state index in [1.54, 1.807) is 18.2 Å². The first-order valence-electron chi connectivity index (χ1n) is 9.36. The Morgan fingerprint density at radius 2 is 1.81 bits per heavy atom. The van der Waals surface area contributed by atoms with Crippen molar-refractivity contribution in [3.05, 3.63) is 89.4 Å². The fourth-order valence-electron chi connectivity index (χ4n) is 2.93. The second-order valence-corrected chi connectivity index (χ2v) is 9.77. The van der Waals surface area contributed by atoms with Crippen molar-refractivity contribution in [2.45, 2.75) is 11.4 Å². The molecule has 4 rings (SSSR count). The summed E-state index contributed by atoms with van der Waals surface area (Å²) in [6, 6.07) is 20.7. The minimum absolute atomic E-state index is 0.141. The maximum absolute atomic E-state index is 12.8. The first-order chi connectivity index (χ1) is 14.9. The van der Waals surface area contributed by atoms with Crippen molar-refractivity contribution in [1.82, 2.24) is 9.46 Å². The van der Waals surface area contributed by atoms with E-state index < -0.39 is 15.9 Å². The number of nitrogens with one attached hydrogen (secondary N) is 1. The third-order valence-corrected chi connectivity index (χ3v) is 7.28. The zero-order valence-electron chi connectivity index (χ0n) is 16.6. The van der Waals surface area contributed by atoms with Gasteiger partial charge in [-0.3, -0.25) is 4.79 Å². The second-order valence-electron chi connectivity index (χ2n) is 6.78. The van der Waals surface area contributed by atoms with Gasteiger partial charge in [0.15, 0.2) is 11.5 Å². The Morgan fingerprint density at radius 3 is 2.48 bits per heavy atom. The summed E-state index contributed by atoms with van der Waals surface area (Å²) in [6.45, 7) is 0.264. The van der Waals surface area contributed by atoms with Crippen molar-refractivity contribution in [3.63, 3.8) is 0 Å². The molecule has 0 aliphatic heterocycles. The van der Waals surface area contributed by atoms with Gasteiger partial charge in [-0.05, 0) is 41.3 Å². The SMILES string of the molecule is CN(Cc1ccccc1)S(=O)(=O)c1ccc(NC(=O)c2cc(-c3cccs3)on2)cc1. The van der Waals surface area contributed by atoms with E-state index in [0.717, 1.165) is 10.4 Å². The maximum Gasteiger partial charge on any atom is 0.277 e. The summed E-state index contributed by atoms with van der Waals surface area (Å²) in [7, 11) is -2.13. The number of sulfonamides is 1. The third kappa shape index (κ3) is 4.74. The molecule has 7 nitrogen and oxygen atoms in total. The van der Waals surface area contributed by atoms with E-state index >= 15 is 0 Å². The van der Waals surface area contributed by atoms with Gasteiger partial charge < -0.3 is 9.84 Å². The molecule has 0 unspecified atom stereocenters. The van der Waals surface area contributed by atoms with Crippen molar-refractivity contribution in [1.29, 1.82) is 0 Å². The minimum atomic E-state index is -3.66. The van der Waals surface area contributed by atoms with E-state index in [-0.39, 0.29) is 17.1 Å². The van der Waals surface area contributed by atoms with Crippen LogP contribution in [0.4, 0.5) is 5.69 Å². The van der Waals surface area contributed by atoms with Crippen molar-refractivity contribution in [2.24, 2.45) is 0 Å². The molecule has 0 aliphatic rings. The number of hydrogen-bond acceptors (Lipinski definition) is 6. The van der Waals surface area contributed by atoms with E-state index in [0.29, 0.717) is 11.4 Å². The highest BCUT2D eigenvalue weighted by molar-refractivity contribution is 7.89. The van der Waals surface area contributed by atoms with E-state index in [9.17, 15) is 13.2 Å². The Morgan fingerprint density at radius 1 is 1.06 bits per heavy atom. The second kappa shape index (κ2) is 8.84. The van der Waals surface area contributed by atoms with Crippen LogP contribution in [0.5, 0.6) is 0 Å². The smallest absolute Gasteiger partial charge is 0.277 e. The normalized spacial score (nSPS) is 11.5. The van der Waals surface area contributed by atoms with E-state index in [2.05, 4.69) is 10.5 Å². The number of carbonyl (C=O) groups excluding carboxylic acids is 1. The summed E-state index contributed by atoms with van der Waals surface area (Å²) in [5.74, 6) is 0.0754. The van der Waals surface area contributed by atoms with Crippen LogP contribution in [0, 0.1) is 0 Å². The Kier molecular flexibility index (Phi) is 5.99. The minimum Gasteiger partial charge on any atom is -0.355 e. The molecule has 2 aromatic heterocycles. The standard InChI is InChI=1S/C22H19N3O4S2/c1-25(15-16-6-3-2-4-7-16)31(27,28)18-11-9-17(10-12-18)23-22(26)19-14-20(29-24-19)21-8-5-13-30-21/h2-14H,15H2,1H3,(H,23,26). The fourth-order valence-corrected chi connectivity index (χ4v) is 4.76. The molecule has 4 aromatic rings. The third-order valence-electron chi connectivity index (χ3n) is 4.58. The first kappa shape index (κ1) is 21.0. The summed E-state index contributed by atoms with van der Waals surface area (Å²) in [6.07, 6.45) is 0. The molecule has 1 N–H and O–H groups in total. The lowest BCUT2D eigenvalue weighted by atomic mass is 10.2. The molecule has 0 fully saturated rings. The molecule has 0 atom stereocenters. The average molecular weight is 454 g/mol. The van der Waals surface area contributed by atoms with Crippen LogP contribution in [0.25, 0.3) is 10.6 Å². The van der Waals surface area contributed by atoms with E-state index in [1.165, 1.54) is 34.8 Å². The monoisotopic (exact) mass is 453 g/mol. The number of thiophene rings is 1. The van der Waals surface area contributed by atoms with Gasteiger partial charge in [0.2, 0.25) is 10.0 Å². The molecule has 1 amide bonds. The van der Waals surface area contributed by atoms with Crippen molar-refractivity contribution in [2.75, 3.05) is 12.4 Å².